The molecule has 2 unspecified atom stereocenters. The Labute approximate surface area is 115 Å². The van der Waals surface area contributed by atoms with E-state index in [1.807, 2.05) is 0 Å². The summed E-state index contributed by atoms with van der Waals surface area (Å²) in [4.78, 5) is 7.19. The van der Waals surface area contributed by atoms with Crippen molar-refractivity contribution < 1.29 is 13.2 Å². The van der Waals surface area contributed by atoms with Gasteiger partial charge in [0.15, 0.2) is 5.69 Å². The first-order chi connectivity index (χ1) is 9.38. The van der Waals surface area contributed by atoms with Crippen LogP contribution in [0.15, 0.2) is 6.07 Å². The second kappa shape index (κ2) is 5.82. The van der Waals surface area contributed by atoms with Crippen LogP contribution in [-0.4, -0.2) is 16.5 Å². The number of alkyl halides is 3. The van der Waals surface area contributed by atoms with Crippen molar-refractivity contribution in [2.45, 2.75) is 32.4 Å². The normalized spacial score (nSPS) is 22.9. The van der Waals surface area contributed by atoms with Crippen LogP contribution >= 0.6 is 0 Å². The first kappa shape index (κ1) is 14.8. The van der Waals surface area contributed by atoms with Crippen molar-refractivity contribution in [1.29, 1.82) is 0 Å². The minimum atomic E-state index is -4.52. The lowest BCUT2D eigenvalue weighted by atomic mass is 10.1. The van der Waals surface area contributed by atoms with Gasteiger partial charge in [-0.25, -0.2) is 10.8 Å². The van der Waals surface area contributed by atoms with Crippen molar-refractivity contribution in [3.63, 3.8) is 0 Å². The van der Waals surface area contributed by atoms with Crippen LogP contribution in [0.3, 0.4) is 0 Å². The Kier molecular flexibility index (Phi) is 4.32. The Morgan fingerprint density at radius 2 is 2.10 bits per heavy atom. The first-order valence-electron chi connectivity index (χ1n) is 6.55. The van der Waals surface area contributed by atoms with E-state index in [9.17, 15) is 13.2 Å². The van der Waals surface area contributed by atoms with Gasteiger partial charge in [0.25, 0.3) is 0 Å². The molecule has 0 amide bonds. The van der Waals surface area contributed by atoms with E-state index in [4.69, 9.17) is 5.84 Å². The molecule has 112 valence electrons. The van der Waals surface area contributed by atoms with E-state index in [1.54, 1.807) is 0 Å². The van der Waals surface area contributed by atoms with Crippen LogP contribution in [0, 0.1) is 11.8 Å². The van der Waals surface area contributed by atoms with E-state index in [-0.39, 0.29) is 11.8 Å². The molecule has 1 fully saturated rings. The Hall–Kier alpha value is -1.57. The third-order valence-electron chi connectivity index (χ3n) is 3.52. The van der Waals surface area contributed by atoms with Crippen LogP contribution in [0.25, 0.3) is 0 Å². The molecule has 0 aliphatic heterocycles. The van der Waals surface area contributed by atoms with Crippen molar-refractivity contribution in [2.75, 3.05) is 17.3 Å². The molecular weight excluding hydrogens is 271 g/mol. The molecule has 0 radical (unpaired) electrons. The van der Waals surface area contributed by atoms with Crippen molar-refractivity contribution in [3.05, 3.63) is 11.8 Å². The number of rotatable bonds is 4. The van der Waals surface area contributed by atoms with Crippen molar-refractivity contribution in [2.24, 2.45) is 17.7 Å². The van der Waals surface area contributed by atoms with E-state index in [0.717, 1.165) is 18.9 Å². The standard InChI is InChI=1S/C12H18F3N5/c1-7-2-3-8(4-7)6-17-10-5-9(12(13,14)15)18-11(19-10)20-16/h5,7-8H,2-4,6,16H2,1H3,(H2,17,18,19,20). The number of nitrogens with one attached hydrogen (secondary N) is 2. The summed E-state index contributed by atoms with van der Waals surface area (Å²) in [6, 6.07) is 0.902. The number of aromatic nitrogens is 2. The van der Waals surface area contributed by atoms with Gasteiger partial charge in [0.2, 0.25) is 5.95 Å². The maximum absolute atomic E-state index is 12.7. The minimum absolute atomic E-state index is 0.139. The number of hydrogen-bond donors (Lipinski definition) is 3. The highest BCUT2D eigenvalue weighted by Gasteiger charge is 2.33. The highest BCUT2D eigenvalue weighted by atomic mass is 19.4. The molecule has 0 bridgehead atoms. The number of hydrogen-bond acceptors (Lipinski definition) is 5. The lowest BCUT2D eigenvalue weighted by Crippen LogP contribution is -2.18. The van der Waals surface area contributed by atoms with Gasteiger partial charge in [-0.3, -0.25) is 5.43 Å². The van der Waals surface area contributed by atoms with Crippen molar-refractivity contribution in [3.8, 4) is 0 Å². The molecule has 1 aromatic heterocycles. The van der Waals surface area contributed by atoms with Gasteiger partial charge in [-0.05, 0) is 24.7 Å². The summed E-state index contributed by atoms with van der Waals surface area (Å²) in [5.74, 6) is 6.14. The smallest absolute Gasteiger partial charge is 0.370 e. The van der Waals surface area contributed by atoms with E-state index in [0.29, 0.717) is 18.4 Å². The van der Waals surface area contributed by atoms with Crippen molar-refractivity contribution in [1.82, 2.24) is 9.97 Å². The van der Waals surface area contributed by atoms with E-state index in [2.05, 4.69) is 27.6 Å². The first-order valence-corrected chi connectivity index (χ1v) is 6.55. The Balaban J connectivity index is 2.07. The van der Waals surface area contributed by atoms with Gasteiger partial charge in [0.05, 0.1) is 0 Å². The molecule has 0 saturated heterocycles. The third-order valence-corrected chi connectivity index (χ3v) is 3.52. The Bertz CT molecular complexity index is 463. The predicted octanol–water partition coefficient (Wildman–Crippen LogP) is 2.63. The van der Waals surface area contributed by atoms with E-state index < -0.39 is 11.9 Å². The summed E-state index contributed by atoms with van der Waals surface area (Å²) in [5.41, 5.74) is 1.04. The molecule has 1 saturated carbocycles. The molecule has 20 heavy (non-hydrogen) atoms. The molecule has 0 spiro atoms. The Morgan fingerprint density at radius 1 is 1.35 bits per heavy atom. The SMILES string of the molecule is CC1CCC(CNc2cc(C(F)(F)F)nc(NN)n2)C1. The number of anilines is 2. The second-order valence-corrected chi connectivity index (χ2v) is 5.27. The highest BCUT2D eigenvalue weighted by Crippen LogP contribution is 2.32. The van der Waals surface area contributed by atoms with Gasteiger partial charge in [-0.2, -0.15) is 18.2 Å². The van der Waals surface area contributed by atoms with Gasteiger partial charge in [-0.15, -0.1) is 0 Å². The monoisotopic (exact) mass is 289 g/mol. The average molecular weight is 289 g/mol. The van der Waals surface area contributed by atoms with E-state index >= 15 is 0 Å². The van der Waals surface area contributed by atoms with Crippen LogP contribution in [0.5, 0.6) is 0 Å². The van der Waals surface area contributed by atoms with Gasteiger partial charge < -0.3 is 5.32 Å². The fourth-order valence-electron chi connectivity index (χ4n) is 2.51. The molecular formula is C12H18F3N5. The minimum Gasteiger partial charge on any atom is -0.370 e. The maximum Gasteiger partial charge on any atom is 0.433 e. The summed E-state index contributed by atoms with van der Waals surface area (Å²) in [6.45, 7) is 2.80. The van der Waals surface area contributed by atoms with Crippen LogP contribution in [0.1, 0.15) is 31.9 Å². The van der Waals surface area contributed by atoms with E-state index in [1.165, 1.54) is 6.42 Å². The summed E-state index contributed by atoms with van der Waals surface area (Å²) >= 11 is 0. The molecule has 1 aliphatic carbocycles. The summed E-state index contributed by atoms with van der Waals surface area (Å²) in [7, 11) is 0. The Morgan fingerprint density at radius 3 is 2.65 bits per heavy atom. The van der Waals surface area contributed by atoms with Gasteiger partial charge in [0, 0.05) is 12.6 Å². The predicted molar refractivity (Wildman–Crippen MR) is 69.8 cm³/mol. The topological polar surface area (TPSA) is 75.9 Å². The molecule has 5 nitrogen and oxygen atoms in total. The molecule has 1 aromatic rings. The van der Waals surface area contributed by atoms with Gasteiger partial charge >= 0.3 is 6.18 Å². The lowest BCUT2D eigenvalue weighted by molar-refractivity contribution is -0.141. The fraction of sp³-hybridized carbons (Fsp3) is 0.667. The quantitative estimate of drug-likeness (QED) is 0.587. The zero-order chi connectivity index (χ0) is 14.8. The van der Waals surface area contributed by atoms with Crippen LogP contribution < -0.4 is 16.6 Å². The zero-order valence-electron chi connectivity index (χ0n) is 11.2. The van der Waals surface area contributed by atoms with Crippen LogP contribution in [0.2, 0.25) is 0 Å². The summed E-state index contributed by atoms with van der Waals surface area (Å²) in [6.07, 6.45) is -1.17. The largest absolute Gasteiger partial charge is 0.433 e. The molecule has 1 aliphatic rings. The highest BCUT2D eigenvalue weighted by molar-refractivity contribution is 5.42. The molecule has 2 rings (SSSR count). The number of nitrogens with zero attached hydrogens (tertiary/aromatic N) is 2. The summed E-state index contributed by atoms with van der Waals surface area (Å²) in [5, 5.41) is 2.95. The number of nitrogens with two attached hydrogens (primary N) is 1. The summed E-state index contributed by atoms with van der Waals surface area (Å²) < 4.78 is 38.1. The number of halogens is 3. The second-order valence-electron chi connectivity index (χ2n) is 5.27. The van der Waals surface area contributed by atoms with Crippen molar-refractivity contribution >= 4 is 11.8 Å². The van der Waals surface area contributed by atoms with Gasteiger partial charge in [-0.1, -0.05) is 13.3 Å². The fourth-order valence-corrected chi connectivity index (χ4v) is 2.51. The van der Waals surface area contributed by atoms with Gasteiger partial charge in [0.1, 0.15) is 5.82 Å². The molecule has 0 aromatic carbocycles. The number of hydrazine groups is 1. The van der Waals surface area contributed by atoms with Crippen LogP contribution in [-0.2, 0) is 6.18 Å². The van der Waals surface area contributed by atoms with Crippen LogP contribution in [0.4, 0.5) is 24.9 Å². The molecule has 1 heterocycles. The zero-order valence-corrected chi connectivity index (χ0v) is 11.2. The third kappa shape index (κ3) is 3.72. The maximum atomic E-state index is 12.7. The lowest BCUT2D eigenvalue weighted by Gasteiger charge is -2.14. The number of nitrogen functional groups attached to an aromatic ring is 1. The molecule has 2 atom stereocenters. The average Bonchev–Trinajstić information content (AvgIpc) is 2.81. The molecule has 8 heteroatoms. The molecule has 4 N–H and O–H groups in total.